The van der Waals surface area contributed by atoms with Crippen molar-refractivity contribution in [3.05, 3.63) is 108 Å². The lowest BCUT2D eigenvalue weighted by atomic mass is 9.84. The normalized spacial score (nSPS) is 15.3. The van der Waals surface area contributed by atoms with Crippen LogP contribution in [-0.4, -0.2) is 22.3 Å². The molecule has 0 spiro atoms. The smallest absolute Gasteiger partial charge is 0.254 e. The van der Waals surface area contributed by atoms with Gasteiger partial charge in [0.05, 0.1) is 4.75 Å². The molecule has 1 unspecified atom stereocenters. The summed E-state index contributed by atoms with van der Waals surface area (Å²) in [6.45, 7) is 2.01. The first-order valence-corrected chi connectivity index (χ1v) is 11.4. The van der Waals surface area contributed by atoms with Crippen LogP contribution in [0.1, 0.15) is 42.9 Å². The van der Waals surface area contributed by atoms with Gasteiger partial charge in [-0.25, -0.2) is 4.84 Å². The van der Waals surface area contributed by atoms with Crippen molar-refractivity contribution in [3.63, 3.8) is 0 Å². The molecule has 1 saturated heterocycles. The number of thioether (sulfide) groups is 1. The Morgan fingerprint density at radius 3 is 1.52 bits per heavy atom. The lowest BCUT2D eigenvalue weighted by molar-refractivity contribution is -0.191. The molecule has 1 atom stereocenters. The standard InChI is InChI=1S/C26H25NO3S/c1-2-25(30-27-23(28)18-19-24(27)29)31-26(20-12-6-3-7-13-20,21-14-8-4-9-15-21)22-16-10-5-11-17-22/h3-17,25H,2,18-19H2,1H3. The van der Waals surface area contributed by atoms with E-state index in [-0.39, 0.29) is 24.7 Å². The van der Waals surface area contributed by atoms with E-state index in [4.69, 9.17) is 4.84 Å². The third-order valence-corrected chi connectivity index (χ3v) is 7.15. The summed E-state index contributed by atoms with van der Waals surface area (Å²) >= 11 is 1.62. The number of hydroxylamine groups is 2. The molecular formula is C26H25NO3S. The maximum Gasteiger partial charge on any atom is 0.254 e. The molecule has 0 bridgehead atoms. The van der Waals surface area contributed by atoms with Gasteiger partial charge in [0.25, 0.3) is 11.8 Å². The van der Waals surface area contributed by atoms with E-state index in [1.54, 1.807) is 11.8 Å². The van der Waals surface area contributed by atoms with Gasteiger partial charge in [0.15, 0.2) is 0 Å². The summed E-state index contributed by atoms with van der Waals surface area (Å²) in [7, 11) is 0. The number of carbonyl (C=O) groups excluding carboxylic acids is 2. The van der Waals surface area contributed by atoms with Crippen molar-refractivity contribution in [2.24, 2.45) is 0 Å². The molecule has 0 N–H and O–H groups in total. The second-order valence-electron chi connectivity index (χ2n) is 7.42. The zero-order chi connectivity index (χ0) is 21.7. The molecule has 0 radical (unpaired) electrons. The number of hydrogen-bond donors (Lipinski definition) is 0. The van der Waals surface area contributed by atoms with Crippen LogP contribution in [0.25, 0.3) is 0 Å². The molecule has 1 aliphatic rings. The van der Waals surface area contributed by atoms with Crippen molar-refractivity contribution >= 4 is 23.6 Å². The van der Waals surface area contributed by atoms with E-state index in [2.05, 4.69) is 36.4 Å². The molecule has 1 heterocycles. The van der Waals surface area contributed by atoms with Crippen LogP contribution < -0.4 is 0 Å². The molecule has 0 saturated carbocycles. The van der Waals surface area contributed by atoms with Crippen LogP contribution in [0, 0.1) is 0 Å². The maximum atomic E-state index is 12.2. The Kier molecular flexibility index (Phi) is 6.54. The van der Waals surface area contributed by atoms with Crippen molar-refractivity contribution in [3.8, 4) is 0 Å². The SMILES string of the molecule is CCC(ON1C(=O)CCC1=O)SC(c1ccccc1)(c1ccccc1)c1ccccc1. The Balaban J connectivity index is 1.83. The first-order valence-electron chi connectivity index (χ1n) is 10.5. The first kappa shape index (κ1) is 21.3. The summed E-state index contributed by atoms with van der Waals surface area (Å²) in [5.74, 6) is -0.539. The van der Waals surface area contributed by atoms with E-state index in [1.165, 1.54) is 0 Å². The van der Waals surface area contributed by atoms with Gasteiger partial charge in [0, 0.05) is 12.8 Å². The van der Waals surface area contributed by atoms with Gasteiger partial charge < -0.3 is 0 Å². The molecule has 1 fully saturated rings. The molecule has 1 aliphatic heterocycles. The molecule has 5 heteroatoms. The van der Waals surface area contributed by atoms with E-state index >= 15 is 0 Å². The second kappa shape index (κ2) is 9.50. The summed E-state index contributed by atoms with van der Waals surface area (Å²) in [5, 5.41) is 0.965. The van der Waals surface area contributed by atoms with Crippen LogP contribution in [-0.2, 0) is 19.2 Å². The van der Waals surface area contributed by atoms with Crippen LogP contribution in [0.5, 0.6) is 0 Å². The third kappa shape index (κ3) is 4.29. The van der Waals surface area contributed by atoms with Gasteiger partial charge in [-0.1, -0.05) is 97.9 Å². The van der Waals surface area contributed by atoms with Gasteiger partial charge in [-0.2, -0.15) is 5.06 Å². The van der Waals surface area contributed by atoms with Gasteiger partial charge in [-0.05, 0) is 23.1 Å². The van der Waals surface area contributed by atoms with Crippen LogP contribution in [0.15, 0.2) is 91.0 Å². The number of rotatable bonds is 8. The Labute approximate surface area is 187 Å². The molecule has 3 aromatic rings. The molecule has 0 aromatic heterocycles. The average Bonchev–Trinajstić information content (AvgIpc) is 3.15. The molecule has 0 aliphatic carbocycles. The Bertz CT molecular complexity index is 912. The quantitative estimate of drug-likeness (QED) is 0.267. The highest BCUT2D eigenvalue weighted by atomic mass is 32.2. The van der Waals surface area contributed by atoms with E-state index in [9.17, 15) is 9.59 Å². The molecule has 4 rings (SSSR count). The average molecular weight is 432 g/mol. The number of carbonyl (C=O) groups is 2. The largest absolute Gasteiger partial charge is 0.272 e. The molecule has 31 heavy (non-hydrogen) atoms. The van der Waals surface area contributed by atoms with Gasteiger partial charge in [0.1, 0.15) is 5.44 Å². The highest BCUT2D eigenvalue weighted by Crippen LogP contribution is 2.51. The van der Waals surface area contributed by atoms with E-state index in [0.29, 0.717) is 6.42 Å². The van der Waals surface area contributed by atoms with Crippen molar-refractivity contribution in [1.82, 2.24) is 5.06 Å². The van der Waals surface area contributed by atoms with Crippen LogP contribution >= 0.6 is 11.8 Å². The minimum atomic E-state index is -0.573. The van der Waals surface area contributed by atoms with Crippen LogP contribution in [0.4, 0.5) is 0 Å². The highest BCUT2D eigenvalue weighted by Gasteiger charge is 2.41. The van der Waals surface area contributed by atoms with Gasteiger partial charge >= 0.3 is 0 Å². The summed E-state index contributed by atoms with van der Waals surface area (Å²) < 4.78 is -0.573. The summed E-state index contributed by atoms with van der Waals surface area (Å²) in [6.07, 6.45) is 1.05. The molecule has 2 amide bonds. The van der Waals surface area contributed by atoms with Gasteiger partial charge in [-0.15, -0.1) is 11.8 Å². The van der Waals surface area contributed by atoms with E-state index in [1.807, 2.05) is 61.5 Å². The minimum absolute atomic E-state index is 0.209. The Morgan fingerprint density at radius 2 is 1.16 bits per heavy atom. The topological polar surface area (TPSA) is 46.6 Å². The van der Waals surface area contributed by atoms with Crippen molar-refractivity contribution in [2.75, 3.05) is 0 Å². The fourth-order valence-corrected chi connectivity index (χ4v) is 5.40. The predicted molar refractivity (Wildman–Crippen MR) is 123 cm³/mol. The maximum absolute atomic E-state index is 12.2. The zero-order valence-electron chi connectivity index (χ0n) is 17.4. The highest BCUT2D eigenvalue weighted by molar-refractivity contribution is 8.01. The van der Waals surface area contributed by atoms with Crippen molar-refractivity contribution in [2.45, 2.75) is 36.4 Å². The number of amides is 2. The molecular weight excluding hydrogens is 406 g/mol. The van der Waals surface area contributed by atoms with Gasteiger partial charge in [-0.3, -0.25) is 9.59 Å². The van der Waals surface area contributed by atoms with E-state index < -0.39 is 10.2 Å². The third-order valence-electron chi connectivity index (χ3n) is 5.41. The Morgan fingerprint density at radius 1 is 0.774 bits per heavy atom. The van der Waals surface area contributed by atoms with Crippen LogP contribution in [0.3, 0.4) is 0 Å². The monoisotopic (exact) mass is 431 g/mol. The number of benzene rings is 3. The van der Waals surface area contributed by atoms with E-state index in [0.717, 1.165) is 21.8 Å². The van der Waals surface area contributed by atoms with Crippen molar-refractivity contribution in [1.29, 1.82) is 0 Å². The number of nitrogens with zero attached hydrogens (tertiary/aromatic N) is 1. The number of hydrogen-bond acceptors (Lipinski definition) is 4. The first-order chi connectivity index (χ1) is 15.1. The molecule has 4 nitrogen and oxygen atoms in total. The van der Waals surface area contributed by atoms with Gasteiger partial charge in [0.2, 0.25) is 0 Å². The molecule has 158 valence electrons. The zero-order valence-corrected chi connectivity index (χ0v) is 18.3. The lowest BCUT2D eigenvalue weighted by Crippen LogP contribution is -2.36. The summed E-state index contributed by atoms with van der Waals surface area (Å²) in [6, 6.07) is 30.9. The van der Waals surface area contributed by atoms with Crippen LogP contribution in [0.2, 0.25) is 0 Å². The summed E-state index contributed by atoms with van der Waals surface area (Å²) in [4.78, 5) is 30.4. The lowest BCUT2D eigenvalue weighted by Gasteiger charge is -2.38. The summed E-state index contributed by atoms with van der Waals surface area (Å²) in [5.41, 5.74) is 2.93. The fraction of sp³-hybridized carbons (Fsp3) is 0.231. The second-order valence-corrected chi connectivity index (χ2v) is 8.80. The predicted octanol–water partition coefficient (Wildman–Crippen LogP) is 5.53. The Hall–Kier alpha value is -2.89. The van der Waals surface area contributed by atoms with Crippen molar-refractivity contribution < 1.29 is 14.4 Å². The number of imide groups is 1. The fourth-order valence-electron chi connectivity index (χ4n) is 3.89. The molecule has 3 aromatic carbocycles. The minimum Gasteiger partial charge on any atom is -0.272 e.